The number of aryl methyl sites for hydroxylation is 2. The topological polar surface area (TPSA) is 38.0 Å². The number of hydrogen-bond donors (Lipinski definition) is 2. The second-order valence-corrected chi connectivity index (χ2v) is 6.30. The second kappa shape index (κ2) is 7.43. The molecule has 1 aromatic heterocycles. The average molecular weight is 274 g/mol. The van der Waals surface area contributed by atoms with Gasteiger partial charge in [0.1, 0.15) is 0 Å². The van der Waals surface area contributed by atoms with Crippen molar-refractivity contribution in [1.29, 1.82) is 0 Å². The van der Waals surface area contributed by atoms with Gasteiger partial charge in [-0.25, -0.2) is 0 Å². The van der Waals surface area contributed by atoms with Crippen LogP contribution in [-0.4, -0.2) is 12.6 Å². The van der Waals surface area contributed by atoms with Gasteiger partial charge in [0.15, 0.2) is 0 Å². The van der Waals surface area contributed by atoms with Crippen molar-refractivity contribution in [3.05, 3.63) is 57.8 Å². The Morgan fingerprint density at radius 3 is 2.63 bits per heavy atom. The van der Waals surface area contributed by atoms with Crippen molar-refractivity contribution < 1.29 is 0 Å². The Kier molecular flexibility index (Phi) is 5.58. The number of thiophene rings is 1. The van der Waals surface area contributed by atoms with E-state index < -0.39 is 0 Å². The Morgan fingerprint density at radius 1 is 1.16 bits per heavy atom. The zero-order valence-corrected chi connectivity index (χ0v) is 12.2. The van der Waals surface area contributed by atoms with Crippen LogP contribution in [-0.2, 0) is 13.0 Å². The summed E-state index contributed by atoms with van der Waals surface area (Å²) in [5.74, 6) is 0. The Labute approximate surface area is 119 Å². The molecule has 1 unspecified atom stereocenters. The minimum Gasteiger partial charge on any atom is -0.327 e. The van der Waals surface area contributed by atoms with E-state index in [1.54, 1.807) is 0 Å². The number of hydrogen-bond acceptors (Lipinski definition) is 3. The molecule has 0 radical (unpaired) electrons. The fraction of sp³-hybridized carbons (Fsp3) is 0.375. The van der Waals surface area contributed by atoms with E-state index in [9.17, 15) is 0 Å². The highest BCUT2D eigenvalue weighted by Gasteiger charge is 2.03. The van der Waals surface area contributed by atoms with Crippen LogP contribution in [0.4, 0.5) is 0 Å². The molecule has 19 heavy (non-hydrogen) atoms. The van der Waals surface area contributed by atoms with E-state index in [-0.39, 0.29) is 6.04 Å². The molecule has 0 aliphatic heterocycles. The molecule has 0 aliphatic rings. The summed E-state index contributed by atoms with van der Waals surface area (Å²) in [5, 5.41) is 3.44. The molecule has 1 atom stereocenters. The Morgan fingerprint density at radius 2 is 1.95 bits per heavy atom. The van der Waals surface area contributed by atoms with E-state index in [2.05, 4.69) is 48.6 Å². The quantitative estimate of drug-likeness (QED) is 0.814. The number of nitrogens with two attached hydrogens (primary N) is 1. The van der Waals surface area contributed by atoms with Gasteiger partial charge < -0.3 is 11.1 Å². The highest BCUT2D eigenvalue weighted by atomic mass is 32.1. The van der Waals surface area contributed by atoms with Crippen molar-refractivity contribution >= 4 is 11.3 Å². The lowest BCUT2D eigenvalue weighted by Crippen LogP contribution is -2.33. The van der Waals surface area contributed by atoms with Crippen LogP contribution in [0, 0.1) is 6.92 Å². The highest BCUT2D eigenvalue weighted by Crippen LogP contribution is 2.14. The van der Waals surface area contributed by atoms with E-state index in [1.165, 1.54) is 15.3 Å². The summed E-state index contributed by atoms with van der Waals surface area (Å²) in [6, 6.07) is 15.1. The summed E-state index contributed by atoms with van der Waals surface area (Å²) in [6.45, 7) is 3.95. The summed E-state index contributed by atoms with van der Waals surface area (Å²) in [5.41, 5.74) is 7.50. The summed E-state index contributed by atoms with van der Waals surface area (Å²) < 4.78 is 0. The monoisotopic (exact) mass is 274 g/mol. The zero-order valence-electron chi connectivity index (χ0n) is 11.4. The average Bonchev–Trinajstić information content (AvgIpc) is 2.83. The number of nitrogens with one attached hydrogen (secondary N) is 1. The molecule has 1 heterocycles. The van der Waals surface area contributed by atoms with Crippen molar-refractivity contribution in [3.63, 3.8) is 0 Å². The van der Waals surface area contributed by atoms with Crippen molar-refractivity contribution in [2.45, 2.75) is 32.4 Å². The summed E-state index contributed by atoms with van der Waals surface area (Å²) >= 11 is 1.85. The van der Waals surface area contributed by atoms with Crippen LogP contribution >= 0.6 is 11.3 Å². The van der Waals surface area contributed by atoms with E-state index >= 15 is 0 Å². The molecule has 3 heteroatoms. The molecular weight excluding hydrogens is 252 g/mol. The molecule has 0 saturated heterocycles. The van der Waals surface area contributed by atoms with Gasteiger partial charge in [-0.1, -0.05) is 30.3 Å². The maximum absolute atomic E-state index is 6.13. The van der Waals surface area contributed by atoms with Crippen LogP contribution in [0.15, 0.2) is 42.5 Å². The molecule has 0 fully saturated rings. The molecule has 1 aromatic carbocycles. The van der Waals surface area contributed by atoms with Crippen LogP contribution in [0.3, 0.4) is 0 Å². The molecule has 2 rings (SSSR count). The third kappa shape index (κ3) is 5.15. The second-order valence-electron chi connectivity index (χ2n) is 4.93. The molecule has 2 nitrogen and oxygen atoms in total. The fourth-order valence-corrected chi connectivity index (χ4v) is 2.92. The molecule has 0 bridgehead atoms. The smallest absolute Gasteiger partial charge is 0.0300 e. The number of rotatable bonds is 7. The van der Waals surface area contributed by atoms with Gasteiger partial charge in [0.25, 0.3) is 0 Å². The van der Waals surface area contributed by atoms with E-state index in [4.69, 9.17) is 5.73 Å². The first-order valence-corrected chi connectivity index (χ1v) is 7.61. The standard InChI is InChI=1S/C16H22N2S/c1-13-7-10-16(19-13)12-18-11-15(17)9-8-14-5-3-2-4-6-14/h2-7,10,15,18H,8-9,11-12,17H2,1H3. The van der Waals surface area contributed by atoms with Gasteiger partial charge in [-0.15, -0.1) is 11.3 Å². The Balaban J connectivity index is 1.63. The van der Waals surface area contributed by atoms with Crippen LogP contribution in [0.25, 0.3) is 0 Å². The summed E-state index contributed by atoms with van der Waals surface area (Å²) in [6.07, 6.45) is 2.09. The van der Waals surface area contributed by atoms with Crippen LogP contribution in [0.1, 0.15) is 21.7 Å². The van der Waals surface area contributed by atoms with Crippen LogP contribution in [0.5, 0.6) is 0 Å². The maximum Gasteiger partial charge on any atom is 0.0300 e. The van der Waals surface area contributed by atoms with Crippen molar-refractivity contribution in [3.8, 4) is 0 Å². The first kappa shape index (κ1) is 14.3. The molecule has 0 spiro atoms. The molecule has 2 aromatic rings. The molecule has 3 N–H and O–H groups in total. The fourth-order valence-electron chi connectivity index (χ4n) is 2.06. The predicted octanol–water partition coefficient (Wildman–Crippen LogP) is 3.11. The largest absolute Gasteiger partial charge is 0.327 e. The number of benzene rings is 1. The van der Waals surface area contributed by atoms with Gasteiger partial charge in [-0.05, 0) is 37.5 Å². The third-order valence-electron chi connectivity index (χ3n) is 3.15. The molecule has 102 valence electrons. The first-order valence-electron chi connectivity index (χ1n) is 6.79. The Hall–Kier alpha value is -1.16. The molecule has 0 aliphatic carbocycles. The molecule has 0 amide bonds. The van der Waals surface area contributed by atoms with Crippen molar-refractivity contribution in [2.75, 3.05) is 6.54 Å². The van der Waals surface area contributed by atoms with E-state index in [0.717, 1.165) is 25.9 Å². The van der Waals surface area contributed by atoms with Crippen LogP contribution < -0.4 is 11.1 Å². The minimum atomic E-state index is 0.223. The van der Waals surface area contributed by atoms with Gasteiger partial charge in [-0.3, -0.25) is 0 Å². The van der Waals surface area contributed by atoms with Gasteiger partial charge in [0, 0.05) is 28.9 Å². The van der Waals surface area contributed by atoms with Gasteiger partial charge >= 0.3 is 0 Å². The first-order chi connectivity index (χ1) is 9.24. The predicted molar refractivity (Wildman–Crippen MR) is 83.5 cm³/mol. The van der Waals surface area contributed by atoms with Gasteiger partial charge in [0.2, 0.25) is 0 Å². The third-order valence-corrected chi connectivity index (χ3v) is 4.15. The van der Waals surface area contributed by atoms with Crippen molar-refractivity contribution in [1.82, 2.24) is 5.32 Å². The van der Waals surface area contributed by atoms with E-state index in [0.29, 0.717) is 0 Å². The lowest BCUT2D eigenvalue weighted by Gasteiger charge is -2.12. The summed E-state index contributed by atoms with van der Waals surface area (Å²) in [7, 11) is 0. The van der Waals surface area contributed by atoms with Gasteiger partial charge in [-0.2, -0.15) is 0 Å². The minimum absolute atomic E-state index is 0.223. The molecule has 0 saturated carbocycles. The Bertz CT molecular complexity index is 479. The van der Waals surface area contributed by atoms with Crippen molar-refractivity contribution in [2.24, 2.45) is 5.73 Å². The van der Waals surface area contributed by atoms with Gasteiger partial charge in [0.05, 0.1) is 0 Å². The zero-order chi connectivity index (χ0) is 13.5. The van der Waals surface area contributed by atoms with E-state index in [1.807, 2.05) is 17.4 Å². The highest BCUT2D eigenvalue weighted by molar-refractivity contribution is 7.11. The lowest BCUT2D eigenvalue weighted by molar-refractivity contribution is 0.546. The maximum atomic E-state index is 6.13. The SMILES string of the molecule is Cc1ccc(CNCC(N)CCc2ccccc2)s1. The summed E-state index contributed by atoms with van der Waals surface area (Å²) in [4.78, 5) is 2.75. The van der Waals surface area contributed by atoms with Crippen LogP contribution in [0.2, 0.25) is 0 Å². The lowest BCUT2D eigenvalue weighted by atomic mass is 10.1. The normalized spacial score (nSPS) is 12.5. The molecular formula is C16H22N2S.